The lowest BCUT2D eigenvalue weighted by atomic mass is 10.0. The van der Waals surface area contributed by atoms with E-state index in [1.807, 2.05) is 0 Å². The van der Waals surface area contributed by atoms with Gasteiger partial charge in [-0.2, -0.15) is 32.2 Å². The van der Waals surface area contributed by atoms with Gasteiger partial charge in [0.05, 0.1) is 32.5 Å². The number of allylic oxidation sites excluding steroid dienone is 2. The lowest BCUT2D eigenvalue weighted by Gasteiger charge is -2.14. The molecule has 1 aliphatic rings. The first-order valence-corrected chi connectivity index (χ1v) is 14.4. The second-order valence-electron chi connectivity index (χ2n) is 8.67. The summed E-state index contributed by atoms with van der Waals surface area (Å²) < 4.78 is 64.4. The molecule has 0 spiro atoms. The number of nitrogens with zero attached hydrogens (tertiary/aromatic N) is 4. The monoisotopic (exact) mass is 596 g/mol. The zero-order valence-corrected chi connectivity index (χ0v) is 22.9. The van der Waals surface area contributed by atoms with Gasteiger partial charge in [0.15, 0.2) is 0 Å². The van der Waals surface area contributed by atoms with Crippen molar-refractivity contribution in [2.75, 3.05) is 5.01 Å². The van der Waals surface area contributed by atoms with Gasteiger partial charge in [0.25, 0.3) is 31.7 Å². The largest absolute Gasteiger partial charge is 0.494 e. The van der Waals surface area contributed by atoms with Crippen LogP contribution in [0.5, 0.6) is 5.88 Å². The smallest absolute Gasteiger partial charge is 0.294 e. The zero-order valence-electron chi connectivity index (χ0n) is 21.2. The highest BCUT2D eigenvalue weighted by Gasteiger charge is 2.28. The van der Waals surface area contributed by atoms with Gasteiger partial charge in [-0.1, -0.05) is 6.08 Å². The fourth-order valence-electron chi connectivity index (χ4n) is 4.01. The summed E-state index contributed by atoms with van der Waals surface area (Å²) in [6.45, 7) is 3.01. The maximum absolute atomic E-state index is 13.0. The molecule has 0 atom stereocenters. The van der Waals surface area contributed by atoms with Crippen molar-refractivity contribution in [3.05, 3.63) is 93.3 Å². The molecule has 2 heterocycles. The Bertz CT molecular complexity index is 2000. The summed E-state index contributed by atoms with van der Waals surface area (Å²) in [6.07, 6.45) is 4.16. The van der Waals surface area contributed by atoms with Crippen molar-refractivity contribution in [2.45, 2.75) is 23.6 Å². The van der Waals surface area contributed by atoms with Crippen LogP contribution in [-0.2, 0) is 25.0 Å². The maximum atomic E-state index is 13.0. The van der Waals surface area contributed by atoms with Gasteiger partial charge >= 0.3 is 0 Å². The minimum absolute atomic E-state index is 0.0222. The van der Waals surface area contributed by atoms with E-state index in [4.69, 9.17) is 4.55 Å². The molecule has 1 aromatic heterocycles. The molecular weight excluding hydrogens is 576 g/mol. The van der Waals surface area contributed by atoms with Crippen LogP contribution in [0.3, 0.4) is 0 Å². The third-order valence-corrected chi connectivity index (χ3v) is 7.86. The number of hydrogen-bond donors (Lipinski definition) is 3. The summed E-state index contributed by atoms with van der Waals surface area (Å²) in [6, 6.07) is 11.0. The van der Waals surface area contributed by atoms with Crippen molar-refractivity contribution in [1.29, 1.82) is 5.26 Å². The molecule has 0 saturated heterocycles. The van der Waals surface area contributed by atoms with E-state index >= 15 is 0 Å². The SMILES string of the molecule is CC1=NN(c2ccc(S(=O)(=O)O)cc2)C(=O)/C1=C\C=C\c1c(C)c(C#N)c(=O)n(-c2ccc(S(=O)(=O)O)cc2)c1O. The van der Waals surface area contributed by atoms with E-state index in [0.29, 0.717) is 5.71 Å². The van der Waals surface area contributed by atoms with E-state index in [-0.39, 0.29) is 38.5 Å². The first-order chi connectivity index (χ1) is 19.1. The molecule has 3 aromatic rings. The van der Waals surface area contributed by atoms with Gasteiger partial charge in [0.1, 0.15) is 11.6 Å². The number of carbonyl (C=O) groups is 1. The molecule has 13 nitrogen and oxygen atoms in total. The molecule has 210 valence electrons. The number of benzene rings is 2. The molecule has 1 aliphatic heterocycles. The lowest BCUT2D eigenvalue weighted by molar-refractivity contribution is -0.114. The fourth-order valence-corrected chi connectivity index (χ4v) is 4.97. The predicted octanol–water partition coefficient (Wildman–Crippen LogP) is 2.58. The van der Waals surface area contributed by atoms with Crippen LogP contribution in [0.25, 0.3) is 11.8 Å². The normalized spacial score (nSPS) is 15.0. The van der Waals surface area contributed by atoms with E-state index in [1.54, 1.807) is 13.0 Å². The number of hydrazone groups is 1. The summed E-state index contributed by atoms with van der Waals surface area (Å²) >= 11 is 0. The van der Waals surface area contributed by atoms with Crippen LogP contribution in [0.4, 0.5) is 5.69 Å². The Kier molecular flexibility index (Phi) is 7.52. The minimum atomic E-state index is -4.50. The van der Waals surface area contributed by atoms with Crippen LogP contribution in [0, 0.1) is 18.3 Å². The maximum Gasteiger partial charge on any atom is 0.294 e. The molecule has 0 bridgehead atoms. The average Bonchev–Trinajstić information content (AvgIpc) is 3.18. The lowest BCUT2D eigenvalue weighted by Crippen LogP contribution is -2.23. The third-order valence-electron chi connectivity index (χ3n) is 6.12. The van der Waals surface area contributed by atoms with Crippen molar-refractivity contribution in [3.8, 4) is 17.6 Å². The van der Waals surface area contributed by atoms with E-state index in [9.17, 15) is 41.3 Å². The Morgan fingerprint density at radius 1 is 0.878 bits per heavy atom. The first kappa shape index (κ1) is 29.1. The quantitative estimate of drug-likeness (QED) is 0.280. The van der Waals surface area contributed by atoms with Gasteiger partial charge in [-0.3, -0.25) is 18.7 Å². The zero-order chi connectivity index (χ0) is 30.3. The van der Waals surface area contributed by atoms with Gasteiger partial charge < -0.3 is 5.11 Å². The van der Waals surface area contributed by atoms with Crippen LogP contribution in [0.2, 0.25) is 0 Å². The Labute approximate surface area is 233 Å². The number of anilines is 1. The molecular formula is C26H20N4O9S2. The summed E-state index contributed by atoms with van der Waals surface area (Å²) in [5, 5.41) is 25.8. The predicted molar refractivity (Wildman–Crippen MR) is 147 cm³/mol. The standard InChI is InChI=1S/C26H20N4O9S2/c1-15-21(24(31)29(25(32)23(15)14-27)17-6-10-19(11-7-17)40(34,35)36)4-3-5-22-16(2)28-30(26(22)33)18-8-12-20(13-9-18)41(37,38)39/h3-13,31H,1-2H3,(H,34,35,36)(H,37,38,39)/b4-3+,22-5-. The van der Waals surface area contributed by atoms with Gasteiger partial charge in [0.2, 0.25) is 5.88 Å². The summed E-state index contributed by atoms with van der Waals surface area (Å²) in [7, 11) is -8.92. The highest BCUT2D eigenvalue weighted by atomic mass is 32.2. The minimum Gasteiger partial charge on any atom is -0.494 e. The molecule has 0 fully saturated rings. The number of aromatic hydroxyl groups is 1. The van der Waals surface area contributed by atoms with Crippen molar-refractivity contribution in [1.82, 2.24) is 4.57 Å². The summed E-state index contributed by atoms with van der Waals surface area (Å²) in [5.74, 6) is -1.11. The molecule has 3 N–H and O–H groups in total. The van der Waals surface area contributed by atoms with Gasteiger partial charge in [-0.05, 0) is 80.1 Å². The van der Waals surface area contributed by atoms with E-state index in [0.717, 1.165) is 33.8 Å². The Hall–Kier alpha value is -4.88. The molecule has 4 rings (SSSR count). The summed E-state index contributed by atoms with van der Waals surface area (Å²) in [4.78, 5) is 25.2. The molecule has 0 unspecified atom stereocenters. The van der Waals surface area contributed by atoms with Gasteiger partial charge in [-0.15, -0.1) is 0 Å². The highest BCUT2D eigenvalue weighted by Crippen LogP contribution is 2.28. The van der Waals surface area contributed by atoms with E-state index in [2.05, 4.69) is 5.10 Å². The number of rotatable bonds is 6. The van der Waals surface area contributed by atoms with Crippen LogP contribution in [-0.4, -0.2) is 47.2 Å². The van der Waals surface area contributed by atoms with Crippen LogP contribution in [0.1, 0.15) is 23.6 Å². The van der Waals surface area contributed by atoms with Crippen LogP contribution >= 0.6 is 0 Å². The molecule has 41 heavy (non-hydrogen) atoms. The van der Waals surface area contributed by atoms with Crippen LogP contribution in [0.15, 0.2) is 85.9 Å². The fraction of sp³-hybridized carbons (Fsp3) is 0.0769. The number of hydrogen-bond acceptors (Lipinski definition) is 9. The topological polar surface area (TPSA) is 207 Å². The van der Waals surface area contributed by atoms with Crippen molar-refractivity contribution in [2.24, 2.45) is 5.10 Å². The van der Waals surface area contributed by atoms with Crippen molar-refractivity contribution < 1.29 is 35.8 Å². The first-order valence-electron chi connectivity index (χ1n) is 11.5. The molecule has 15 heteroatoms. The summed E-state index contributed by atoms with van der Waals surface area (Å²) in [5.41, 5.74) is -0.186. The van der Waals surface area contributed by atoms with Gasteiger partial charge in [-0.25, -0.2) is 4.57 Å². The number of nitriles is 1. The van der Waals surface area contributed by atoms with Gasteiger partial charge in [0, 0.05) is 5.56 Å². The second kappa shape index (κ2) is 10.6. The third kappa shape index (κ3) is 5.58. The van der Waals surface area contributed by atoms with Crippen LogP contribution < -0.4 is 10.6 Å². The average molecular weight is 597 g/mol. The van der Waals surface area contributed by atoms with Crippen molar-refractivity contribution >= 4 is 43.6 Å². The second-order valence-corrected chi connectivity index (χ2v) is 11.5. The molecule has 0 aliphatic carbocycles. The molecule has 0 radical (unpaired) electrons. The Balaban J connectivity index is 1.71. The van der Waals surface area contributed by atoms with E-state index in [1.165, 1.54) is 49.4 Å². The number of aromatic nitrogens is 1. The Morgan fingerprint density at radius 2 is 1.39 bits per heavy atom. The molecule has 2 aromatic carbocycles. The number of carbonyl (C=O) groups excluding carboxylic acids is 1. The van der Waals surface area contributed by atoms with Crippen molar-refractivity contribution in [3.63, 3.8) is 0 Å². The molecule has 0 saturated carbocycles. The van der Waals surface area contributed by atoms with E-state index < -0.39 is 42.5 Å². The Morgan fingerprint density at radius 3 is 1.88 bits per heavy atom. The number of pyridine rings is 1. The number of amides is 1. The highest BCUT2D eigenvalue weighted by molar-refractivity contribution is 7.86. The molecule has 1 amide bonds.